The minimum Gasteiger partial charge on any atom is -0.495 e. The van der Waals surface area contributed by atoms with Crippen LogP contribution in [0.3, 0.4) is 0 Å². The van der Waals surface area contributed by atoms with Gasteiger partial charge in [-0.25, -0.2) is 17.9 Å². The lowest BCUT2D eigenvalue weighted by molar-refractivity contribution is -0.137. The summed E-state index contributed by atoms with van der Waals surface area (Å²) in [6, 6.07) is 8.01. The smallest absolute Gasteiger partial charge is 0.416 e. The van der Waals surface area contributed by atoms with E-state index in [4.69, 9.17) is 9.47 Å². The van der Waals surface area contributed by atoms with E-state index in [0.29, 0.717) is 0 Å². The van der Waals surface area contributed by atoms with E-state index in [1.165, 1.54) is 38.4 Å². The first kappa shape index (κ1) is 20.7. The fourth-order valence-corrected chi connectivity index (χ4v) is 3.11. The van der Waals surface area contributed by atoms with Crippen molar-refractivity contribution >= 4 is 16.0 Å². The third kappa shape index (κ3) is 4.98. The van der Waals surface area contributed by atoms with Crippen molar-refractivity contribution in [3.63, 3.8) is 0 Å². The quantitative estimate of drug-likeness (QED) is 0.750. The van der Waals surface area contributed by atoms with Crippen molar-refractivity contribution in [3.05, 3.63) is 59.2 Å². The van der Waals surface area contributed by atoms with Crippen LogP contribution in [-0.4, -0.2) is 28.5 Å². The fraction of sp³-hybridized carbons (Fsp3) is 0.235. The van der Waals surface area contributed by atoms with Crippen molar-refractivity contribution in [1.29, 1.82) is 0 Å². The summed E-state index contributed by atoms with van der Waals surface area (Å²) in [5.74, 6) is -0.860. The number of carbonyl (C=O) groups is 1. The maximum Gasteiger partial charge on any atom is 0.416 e. The van der Waals surface area contributed by atoms with E-state index in [1.807, 2.05) is 0 Å². The minimum absolute atomic E-state index is 0.0266. The maximum absolute atomic E-state index is 12.7. The van der Waals surface area contributed by atoms with E-state index in [9.17, 15) is 26.4 Å². The Bertz CT molecular complexity index is 942. The second-order valence-corrected chi connectivity index (χ2v) is 7.20. The molecule has 2 aromatic rings. The number of rotatable bonds is 6. The largest absolute Gasteiger partial charge is 0.495 e. The summed E-state index contributed by atoms with van der Waals surface area (Å²) in [5, 5.41) is 0. The fourth-order valence-electron chi connectivity index (χ4n) is 2.19. The third-order valence-corrected chi connectivity index (χ3v) is 5.02. The summed E-state index contributed by atoms with van der Waals surface area (Å²) in [6.45, 7) is -0.400. The Kier molecular flexibility index (Phi) is 6.11. The molecule has 146 valence electrons. The number of halogens is 3. The zero-order valence-corrected chi connectivity index (χ0v) is 15.1. The van der Waals surface area contributed by atoms with Gasteiger partial charge in [-0.1, -0.05) is 12.1 Å². The molecule has 1 N–H and O–H groups in total. The molecule has 0 spiro atoms. The average molecular weight is 403 g/mol. The highest BCUT2D eigenvalue weighted by molar-refractivity contribution is 7.89. The molecule has 2 rings (SSSR count). The first-order chi connectivity index (χ1) is 12.6. The molecule has 0 bridgehead atoms. The number of methoxy groups -OCH3 is 1. The monoisotopic (exact) mass is 403 g/mol. The standard InChI is InChI=1S/C17H16F3NO5S/c1-21-27(23,24)15-9-12(6-7-14(15)25-2)16(22)26-10-11-4-3-5-13(8-11)17(18,19)20/h3-9,21H,10H2,1-2H3. The van der Waals surface area contributed by atoms with Crippen molar-refractivity contribution in [1.82, 2.24) is 4.72 Å². The Balaban J connectivity index is 2.21. The molecule has 0 aliphatic rings. The van der Waals surface area contributed by atoms with Gasteiger partial charge in [-0.2, -0.15) is 13.2 Å². The summed E-state index contributed by atoms with van der Waals surface area (Å²) in [5.41, 5.74) is -0.797. The number of ether oxygens (including phenoxy) is 2. The van der Waals surface area contributed by atoms with Gasteiger partial charge in [0.1, 0.15) is 17.3 Å². The highest BCUT2D eigenvalue weighted by Gasteiger charge is 2.30. The summed E-state index contributed by atoms with van der Waals surface area (Å²) in [7, 11) is -1.42. The van der Waals surface area contributed by atoms with Crippen LogP contribution in [0.25, 0.3) is 0 Å². The molecule has 0 amide bonds. The Hall–Kier alpha value is -2.59. The Morgan fingerprint density at radius 3 is 2.44 bits per heavy atom. The highest BCUT2D eigenvalue weighted by atomic mass is 32.2. The van der Waals surface area contributed by atoms with Crippen LogP contribution in [0.2, 0.25) is 0 Å². The van der Waals surface area contributed by atoms with Crippen LogP contribution in [0.1, 0.15) is 21.5 Å². The van der Waals surface area contributed by atoms with Gasteiger partial charge < -0.3 is 9.47 Å². The van der Waals surface area contributed by atoms with E-state index in [0.717, 1.165) is 18.2 Å². The molecule has 0 atom stereocenters. The van der Waals surface area contributed by atoms with Gasteiger partial charge in [-0.15, -0.1) is 0 Å². The molecule has 10 heteroatoms. The van der Waals surface area contributed by atoms with Crippen molar-refractivity contribution in [2.45, 2.75) is 17.7 Å². The molecule has 0 radical (unpaired) electrons. The lowest BCUT2D eigenvalue weighted by Gasteiger charge is -2.11. The van der Waals surface area contributed by atoms with Crippen LogP contribution < -0.4 is 9.46 Å². The molecule has 27 heavy (non-hydrogen) atoms. The van der Waals surface area contributed by atoms with Crippen LogP contribution in [0.5, 0.6) is 5.75 Å². The van der Waals surface area contributed by atoms with E-state index in [2.05, 4.69) is 4.72 Å². The molecule has 0 saturated heterocycles. The number of esters is 1. The molecule has 0 aromatic heterocycles. The third-order valence-electron chi connectivity index (χ3n) is 3.58. The second kappa shape index (κ2) is 7.97. The molecular weight excluding hydrogens is 387 g/mol. The van der Waals surface area contributed by atoms with Crippen LogP contribution >= 0.6 is 0 Å². The first-order valence-corrected chi connectivity index (χ1v) is 9.01. The van der Waals surface area contributed by atoms with Gasteiger partial charge in [0.15, 0.2) is 0 Å². The van der Waals surface area contributed by atoms with Crippen molar-refractivity contribution in [2.75, 3.05) is 14.2 Å². The lowest BCUT2D eigenvalue weighted by atomic mass is 10.1. The number of hydrogen-bond acceptors (Lipinski definition) is 5. The molecular formula is C17H16F3NO5S. The molecule has 2 aromatic carbocycles. The van der Waals surface area contributed by atoms with Crippen LogP contribution in [0.15, 0.2) is 47.4 Å². The van der Waals surface area contributed by atoms with Gasteiger partial charge in [0.25, 0.3) is 0 Å². The first-order valence-electron chi connectivity index (χ1n) is 7.53. The van der Waals surface area contributed by atoms with E-state index >= 15 is 0 Å². The lowest BCUT2D eigenvalue weighted by Crippen LogP contribution is -2.20. The van der Waals surface area contributed by atoms with E-state index in [1.54, 1.807) is 0 Å². The van der Waals surface area contributed by atoms with Crippen molar-refractivity contribution in [3.8, 4) is 5.75 Å². The number of nitrogens with one attached hydrogen (secondary N) is 1. The van der Waals surface area contributed by atoms with Gasteiger partial charge in [0.05, 0.1) is 18.2 Å². The summed E-state index contributed by atoms with van der Waals surface area (Å²) in [4.78, 5) is 11.9. The number of carbonyl (C=O) groups excluding carboxylic acids is 1. The van der Waals surface area contributed by atoms with Gasteiger partial charge in [0.2, 0.25) is 10.0 Å². The summed E-state index contributed by atoms with van der Waals surface area (Å²) in [6.07, 6.45) is -4.51. The molecule has 0 fully saturated rings. The van der Waals surface area contributed by atoms with Gasteiger partial charge >= 0.3 is 12.1 Å². The maximum atomic E-state index is 12.7. The topological polar surface area (TPSA) is 81.7 Å². The number of alkyl halides is 3. The molecule has 0 heterocycles. The van der Waals surface area contributed by atoms with Crippen molar-refractivity contribution in [2.24, 2.45) is 0 Å². The van der Waals surface area contributed by atoms with Gasteiger partial charge in [-0.05, 0) is 42.9 Å². The SMILES string of the molecule is CNS(=O)(=O)c1cc(C(=O)OCc2cccc(C(F)(F)F)c2)ccc1OC. The predicted octanol–water partition coefficient (Wildman–Crippen LogP) is 2.98. The average Bonchev–Trinajstić information content (AvgIpc) is 2.65. The summed E-state index contributed by atoms with van der Waals surface area (Å²) >= 11 is 0. The molecule has 0 saturated carbocycles. The minimum atomic E-state index is -4.51. The predicted molar refractivity (Wildman–Crippen MR) is 89.8 cm³/mol. The van der Waals surface area contributed by atoms with Gasteiger partial charge in [-0.3, -0.25) is 0 Å². The number of benzene rings is 2. The van der Waals surface area contributed by atoms with E-state index < -0.39 is 34.3 Å². The highest BCUT2D eigenvalue weighted by Crippen LogP contribution is 2.30. The molecule has 0 aliphatic carbocycles. The van der Waals surface area contributed by atoms with E-state index in [-0.39, 0.29) is 21.8 Å². The molecule has 6 nitrogen and oxygen atoms in total. The molecule has 0 unspecified atom stereocenters. The Morgan fingerprint density at radius 2 is 1.85 bits per heavy atom. The number of hydrogen-bond donors (Lipinski definition) is 1. The van der Waals surface area contributed by atoms with Gasteiger partial charge in [0, 0.05) is 0 Å². The normalized spacial score (nSPS) is 11.9. The Labute approximate surface area is 154 Å². The van der Waals surface area contributed by atoms with Crippen LogP contribution in [0.4, 0.5) is 13.2 Å². The van der Waals surface area contributed by atoms with Crippen LogP contribution in [0, 0.1) is 0 Å². The number of sulfonamides is 1. The zero-order valence-electron chi connectivity index (χ0n) is 14.3. The van der Waals surface area contributed by atoms with Crippen molar-refractivity contribution < 1.29 is 35.9 Å². The Morgan fingerprint density at radius 1 is 1.15 bits per heavy atom. The molecule has 0 aliphatic heterocycles. The van der Waals surface area contributed by atoms with Crippen LogP contribution in [-0.2, 0) is 27.5 Å². The zero-order chi connectivity index (χ0) is 20.2. The summed E-state index contributed by atoms with van der Waals surface area (Å²) < 4.78 is 74.2. The second-order valence-electron chi connectivity index (χ2n) is 5.35.